The molecule has 2 aliphatic rings. The molecule has 2 aliphatic carbocycles. The van der Waals surface area contributed by atoms with Crippen molar-refractivity contribution in [1.82, 2.24) is 0 Å². The van der Waals surface area contributed by atoms with E-state index in [1.165, 1.54) is 37.7 Å². The highest BCUT2D eigenvalue weighted by atomic mass is 16.5. The average Bonchev–Trinajstić information content (AvgIpc) is 3.16. The summed E-state index contributed by atoms with van der Waals surface area (Å²) in [5.41, 5.74) is 1.69. The van der Waals surface area contributed by atoms with Gasteiger partial charge in [0.25, 0.3) is 0 Å². The van der Waals surface area contributed by atoms with Crippen LogP contribution in [-0.4, -0.2) is 19.8 Å². The fraction of sp³-hybridized carbons (Fsp3) is 0.700. The van der Waals surface area contributed by atoms with Crippen LogP contribution in [0.1, 0.15) is 57.9 Å². The second kappa shape index (κ2) is 6.62. The highest BCUT2D eigenvalue weighted by molar-refractivity contribution is 5.36. The molecule has 0 saturated heterocycles. The molecule has 2 heteroatoms. The third kappa shape index (κ3) is 2.67. The second-order valence-corrected chi connectivity index (χ2v) is 7.22. The minimum Gasteiger partial charge on any atom is -0.497 e. The number of benzene rings is 1. The lowest BCUT2D eigenvalue weighted by Gasteiger charge is -2.43. The number of rotatable bonds is 7. The highest BCUT2D eigenvalue weighted by Crippen LogP contribution is 2.59. The summed E-state index contributed by atoms with van der Waals surface area (Å²) >= 11 is 0. The Labute approximate surface area is 135 Å². The molecule has 1 aromatic rings. The fourth-order valence-electron chi connectivity index (χ4n) is 4.91. The number of hydrogen-bond donors (Lipinski definition) is 0. The standard InChI is InChI=1S/C20H30O2/c1-4-5-12-22-15(2)20(14-16-6-7-18(20)13-16)17-8-10-19(21-3)11-9-17/h8-11,15-16,18H,4-7,12-14H2,1-3H3. The zero-order valence-electron chi connectivity index (χ0n) is 14.3. The molecule has 2 nitrogen and oxygen atoms in total. The lowest BCUT2D eigenvalue weighted by molar-refractivity contribution is -0.0163. The van der Waals surface area contributed by atoms with Crippen LogP contribution < -0.4 is 4.74 Å². The van der Waals surface area contributed by atoms with Crippen molar-refractivity contribution in [3.8, 4) is 5.75 Å². The van der Waals surface area contributed by atoms with Crippen LogP contribution in [0.3, 0.4) is 0 Å². The Morgan fingerprint density at radius 3 is 2.55 bits per heavy atom. The Kier molecular flexibility index (Phi) is 4.77. The maximum Gasteiger partial charge on any atom is 0.118 e. The summed E-state index contributed by atoms with van der Waals surface area (Å²) in [6, 6.07) is 8.78. The van der Waals surface area contributed by atoms with Gasteiger partial charge in [-0.25, -0.2) is 0 Å². The van der Waals surface area contributed by atoms with Gasteiger partial charge in [-0.2, -0.15) is 0 Å². The predicted molar refractivity (Wildman–Crippen MR) is 90.4 cm³/mol. The molecule has 2 bridgehead atoms. The molecule has 0 aromatic heterocycles. The van der Waals surface area contributed by atoms with Crippen LogP contribution in [0.15, 0.2) is 24.3 Å². The summed E-state index contributed by atoms with van der Waals surface area (Å²) in [7, 11) is 1.73. The molecule has 0 spiro atoms. The summed E-state index contributed by atoms with van der Waals surface area (Å²) in [6.07, 6.45) is 8.17. The normalized spacial score (nSPS) is 31.4. The number of fused-ring (bicyclic) bond motifs is 2. The molecule has 0 aliphatic heterocycles. The quantitative estimate of drug-likeness (QED) is 0.663. The molecular weight excluding hydrogens is 272 g/mol. The van der Waals surface area contributed by atoms with E-state index < -0.39 is 0 Å². The van der Waals surface area contributed by atoms with Crippen molar-refractivity contribution in [1.29, 1.82) is 0 Å². The van der Waals surface area contributed by atoms with Crippen molar-refractivity contribution < 1.29 is 9.47 Å². The third-order valence-electron chi connectivity index (χ3n) is 6.11. The molecule has 2 fully saturated rings. The molecule has 122 valence electrons. The zero-order valence-corrected chi connectivity index (χ0v) is 14.3. The highest BCUT2D eigenvalue weighted by Gasteiger charge is 2.55. The van der Waals surface area contributed by atoms with Crippen molar-refractivity contribution in [3.05, 3.63) is 29.8 Å². The number of ether oxygens (including phenoxy) is 2. The summed E-state index contributed by atoms with van der Waals surface area (Å²) in [4.78, 5) is 0. The van der Waals surface area contributed by atoms with E-state index in [2.05, 4.69) is 38.1 Å². The number of hydrogen-bond acceptors (Lipinski definition) is 2. The number of unbranched alkanes of at least 4 members (excludes halogenated alkanes) is 1. The molecule has 0 radical (unpaired) electrons. The smallest absolute Gasteiger partial charge is 0.118 e. The number of methoxy groups -OCH3 is 1. The third-order valence-corrected chi connectivity index (χ3v) is 6.11. The monoisotopic (exact) mass is 302 g/mol. The fourth-order valence-corrected chi connectivity index (χ4v) is 4.91. The van der Waals surface area contributed by atoms with Gasteiger partial charge in [0.1, 0.15) is 5.75 Å². The van der Waals surface area contributed by atoms with Crippen LogP contribution in [0.25, 0.3) is 0 Å². The Bertz CT molecular complexity index is 481. The Balaban J connectivity index is 1.86. The van der Waals surface area contributed by atoms with Crippen molar-refractivity contribution in [2.45, 2.75) is 63.9 Å². The van der Waals surface area contributed by atoms with Crippen LogP contribution in [0.4, 0.5) is 0 Å². The van der Waals surface area contributed by atoms with Crippen molar-refractivity contribution in [3.63, 3.8) is 0 Å². The van der Waals surface area contributed by atoms with Gasteiger partial charge in [-0.15, -0.1) is 0 Å². The summed E-state index contributed by atoms with van der Waals surface area (Å²) in [5.74, 6) is 2.65. The first-order chi connectivity index (χ1) is 10.7. The van der Waals surface area contributed by atoms with E-state index >= 15 is 0 Å². The lowest BCUT2D eigenvalue weighted by Crippen LogP contribution is -2.44. The predicted octanol–water partition coefficient (Wildman–Crippen LogP) is 4.96. The molecule has 22 heavy (non-hydrogen) atoms. The Morgan fingerprint density at radius 1 is 1.23 bits per heavy atom. The van der Waals surface area contributed by atoms with E-state index in [4.69, 9.17) is 9.47 Å². The van der Waals surface area contributed by atoms with Crippen molar-refractivity contribution in [2.24, 2.45) is 11.8 Å². The van der Waals surface area contributed by atoms with Gasteiger partial charge in [0.15, 0.2) is 0 Å². The summed E-state index contributed by atoms with van der Waals surface area (Å²) in [6.45, 7) is 5.43. The van der Waals surface area contributed by atoms with Gasteiger partial charge in [0.05, 0.1) is 13.2 Å². The second-order valence-electron chi connectivity index (χ2n) is 7.22. The molecule has 1 aromatic carbocycles. The van der Waals surface area contributed by atoms with Gasteiger partial charge < -0.3 is 9.47 Å². The molecule has 0 N–H and O–H groups in total. The van der Waals surface area contributed by atoms with Gasteiger partial charge in [-0.3, -0.25) is 0 Å². The maximum absolute atomic E-state index is 6.30. The van der Waals surface area contributed by atoms with Gasteiger partial charge in [-0.05, 0) is 62.1 Å². The van der Waals surface area contributed by atoms with E-state index in [1.807, 2.05) is 0 Å². The largest absolute Gasteiger partial charge is 0.497 e. The van der Waals surface area contributed by atoms with Crippen LogP contribution in [0, 0.1) is 11.8 Å². The van der Waals surface area contributed by atoms with Crippen LogP contribution >= 0.6 is 0 Å². The van der Waals surface area contributed by atoms with E-state index in [0.717, 1.165) is 30.6 Å². The van der Waals surface area contributed by atoms with Gasteiger partial charge in [-0.1, -0.05) is 31.9 Å². The van der Waals surface area contributed by atoms with Gasteiger partial charge >= 0.3 is 0 Å². The molecule has 4 atom stereocenters. The topological polar surface area (TPSA) is 18.5 Å². The van der Waals surface area contributed by atoms with Crippen LogP contribution in [0.2, 0.25) is 0 Å². The molecule has 3 rings (SSSR count). The first-order valence-corrected chi connectivity index (χ1v) is 8.96. The van der Waals surface area contributed by atoms with E-state index in [1.54, 1.807) is 7.11 Å². The zero-order chi connectivity index (χ0) is 15.6. The molecule has 0 heterocycles. The summed E-state index contributed by atoms with van der Waals surface area (Å²) in [5, 5.41) is 0. The minimum atomic E-state index is 0.225. The Morgan fingerprint density at radius 2 is 2.00 bits per heavy atom. The molecule has 2 saturated carbocycles. The van der Waals surface area contributed by atoms with Gasteiger partial charge in [0.2, 0.25) is 0 Å². The van der Waals surface area contributed by atoms with E-state index in [9.17, 15) is 0 Å². The first kappa shape index (κ1) is 15.9. The molecule has 4 unspecified atom stereocenters. The Hall–Kier alpha value is -1.02. The van der Waals surface area contributed by atoms with Gasteiger partial charge in [0, 0.05) is 12.0 Å². The van der Waals surface area contributed by atoms with Crippen LogP contribution in [-0.2, 0) is 10.2 Å². The average molecular weight is 302 g/mol. The molecule has 0 amide bonds. The van der Waals surface area contributed by atoms with Crippen molar-refractivity contribution >= 4 is 0 Å². The van der Waals surface area contributed by atoms with E-state index in [-0.39, 0.29) is 5.41 Å². The minimum absolute atomic E-state index is 0.225. The maximum atomic E-state index is 6.30. The molecular formula is C20H30O2. The summed E-state index contributed by atoms with van der Waals surface area (Å²) < 4.78 is 11.6. The lowest BCUT2D eigenvalue weighted by atomic mass is 9.65. The first-order valence-electron chi connectivity index (χ1n) is 8.96. The van der Waals surface area contributed by atoms with Crippen LogP contribution in [0.5, 0.6) is 5.75 Å². The van der Waals surface area contributed by atoms with E-state index in [0.29, 0.717) is 6.10 Å². The van der Waals surface area contributed by atoms with Crippen molar-refractivity contribution in [2.75, 3.05) is 13.7 Å². The SMILES string of the molecule is CCCCOC(C)C1(c2ccc(OC)cc2)CC2CCC1C2.